The number of hydrogen-bond donors (Lipinski definition) is 3. The van der Waals surface area contributed by atoms with Gasteiger partial charge in [-0.2, -0.15) is 5.26 Å². The summed E-state index contributed by atoms with van der Waals surface area (Å²) in [6.45, 7) is 1.55. The Balaban J connectivity index is 1.29. The number of aromatic nitrogens is 2. The molecule has 36 heavy (non-hydrogen) atoms. The molecular formula is C28H27N5O3. The van der Waals surface area contributed by atoms with Crippen molar-refractivity contribution in [3.8, 4) is 29.4 Å². The van der Waals surface area contributed by atoms with Crippen LogP contribution in [-0.4, -0.2) is 32.9 Å². The number of nitrogens with zero attached hydrogens (tertiary/aromatic N) is 4. The van der Waals surface area contributed by atoms with Gasteiger partial charge < -0.3 is 20.8 Å². The van der Waals surface area contributed by atoms with Crippen LogP contribution in [-0.2, 0) is 19.9 Å². The molecule has 1 fully saturated rings. The minimum atomic E-state index is -0.304. The van der Waals surface area contributed by atoms with Crippen molar-refractivity contribution in [2.24, 2.45) is 18.2 Å². The van der Waals surface area contributed by atoms with Crippen LogP contribution in [0.5, 0.6) is 11.5 Å². The Morgan fingerprint density at radius 2 is 1.89 bits per heavy atom. The van der Waals surface area contributed by atoms with Crippen molar-refractivity contribution in [2.45, 2.75) is 31.7 Å². The maximum absolute atomic E-state index is 13.0. The maximum atomic E-state index is 13.0. The number of rotatable bonds is 2. The van der Waals surface area contributed by atoms with E-state index in [1.807, 2.05) is 0 Å². The summed E-state index contributed by atoms with van der Waals surface area (Å²) in [5.41, 5.74) is 9.74. The molecule has 2 heterocycles. The van der Waals surface area contributed by atoms with E-state index >= 15 is 0 Å². The molecule has 1 atom stereocenters. The number of benzene rings is 2. The monoisotopic (exact) mass is 481 g/mol. The number of anilines is 1. The molecule has 8 nitrogen and oxygen atoms in total. The molecule has 0 amide bonds. The molecule has 0 radical (unpaired) electrons. The van der Waals surface area contributed by atoms with Gasteiger partial charge in [-0.1, -0.05) is 36.1 Å². The topological polar surface area (TPSA) is 128 Å². The van der Waals surface area contributed by atoms with Crippen molar-refractivity contribution in [3.63, 3.8) is 0 Å². The van der Waals surface area contributed by atoms with E-state index < -0.39 is 0 Å². The van der Waals surface area contributed by atoms with Gasteiger partial charge in [0.15, 0.2) is 0 Å². The van der Waals surface area contributed by atoms with Crippen molar-refractivity contribution in [2.75, 3.05) is 18.0 Å². The van der Waals surface area contributed by atoms with Crippen LogP contribution >= 0.6 is 0 Å². The molecule has 1 spiro atoms. The van der Waals surface area contributed by atoms with E-state index in [-0.39, 0.29) is 46.1 Å². The minimum Gasteiger partial charge on any atom is -0.506 e. The minimum absolute atomic E-state index is 0.0326. The zero-order valence-corrected chi connectivity index (χ0v) is 20.0. The maximum Gasteiger partial charge on any atom is 0.270 e. The zero-order chi connectivity index (χ0) is 25.4. The number of phenolic OH excluding ortho intramolecular Hbond substituents is 2. The average Bonchev–Trinajstić information content (AvgIpc) is 3.13. The molecule has 3 aromatic rings. The summed E-state index contributed by atoms with van der Waals surface area (Å²) >= 11 is 0. The molecular weight excluding hydrogens is 454 g/mol. The summed E-state index contributed by atoms with van der Waals surface area (Å²) in [4.78, 5) is 19.7. The second-order valence-corrected chi connectivity index (χ2v) is 9.64. The van der Waals surface area contributed by atoms with Crippen molar-refractivity contribution in [1.82, 2.24) is 9.55 Å². The molecule has 0 bridgehead atoms. The lowest BCUT2D eigenvalue weighted by Crippen LogP contribution is -2.46. The molecule has 2 aliphatic rings. The molecule has 2 aromatic carbocycles. The predicted octanol–water partition coefficient (Wildman–Crippen LogP) is 2.50. The van der Waals surface area contributed by atoms with Gasteiger partial charge in [-0.15, -0.1) is 0 Å². The SMILES string of the molecule is Cn1c(N2CCC3(CC2)Cc2ccccc2[C@H]3N)ncc(C#CCc2cc(O)c(C#N)c(O)c2)c1=O. The highest BCUT2D eigenvalue weighted by molar-refractivity contribution is 5.54. The quantitative estimate of drug-likeness (QED) is 0.480. The standard InChI is InChI=1S/C28H27N5O3/c1-32-26(36)20(7-4-5-18-13-23(34)22(16-29)24(35)14-18)17-31-27(32)33-11-9-28(10-12-33)15-19-6-2-3-8-21(19)25(28)30/h2-3,6,8,13-14,17,25,34-35H,5,9-12,15,30H2,1H3/t25-/m1/s1. The fraction of sp³-hybridized carbons (Fsp3) is 0.321. The van der Waals surface area contributed by atoms with Crippen LogP contribution in [0.25, 0.3) is 0 Å². The van der Waals surface area contributed by atoms with Crippen molar-refractivity contribution in [1.29, 1.82) is 5.26 Å². The summed E-state index contributed by atoms with van der Waals surface area (Å²) in [7, 11) is 1.70. The third kappa shape index (κ3) is 3.96. The van der Waals surface area contributed by atoms with Crippen LogP contribution in [0.4, 0.5) is 5.95 Å². The first-order valence-electron chi connectivity index (χ1n) is 11.9. The molecule has 0 saturated carbocycles. The van der Waals surface area contributed by atoms with Crippen LogP contribution in [0.3, 0.4) is 0 Å². The number of hydrogen-bond acceptors (Lipinski definition) is 7. The molecule has 182 valence electrons. The zero-order valence-electron chi connectivity index (χ0n) is 20.0. The van der Waals surface area contributed by atoms with E-state index in [9.17, 15) is 15.0 Å². The number of fused-ring (bicyclic) bond motifs is 1. The second kappa shape index (κ2) is 9.07. The Labute approximate surface area is 209 Å². The Morgan fingerprint density at radius 1 is 1.19 bits per heavy atom. The van der Waals surface area contributed by atoms with E-state index in [4.69, 9.17) is 11.0 Å². The van der Waals surface area contributed by atoms with Gasteiger partial charge in [-0.05, 0) is 53.5 Å². The fourth-order valence-electron chi connectivity index (χ4n) is 5.50. The van der Waals surface area contributed by atoms with E-state index in [0.29, 0.717) is 11.5 Å². The Morgan fingerprint density at radius 3 is 2.56 bits per heavy atom. The molecule has 5 rings (SSSR count). The van der Waals surface area contributed by atoms with Gasteiger partial charge >= 0.3 is 0 Å². The molecule has 1 aliphatic carbocycles. The molecule has 0 unspecified atom stereocenters. The highest BCUT2D eigenvalue weighted by Crippen LogP contribution is 2.50. The van der Waals surface area contributed by atoms with Crippen molar-refractivity contribution >= 4 is 5.95 Å². The van der Waals surface area contributed by atoms with E-state index in [2.05, 4.69) is 46.0 Å². The highest BCUT2D eigenvalue weighted by Gasteiger charge is 2.46. The molecule has 8 heteroatoms. The van der Waals surface area contributed by atoms with Crippen LogP contribution in [0.2, 0.25) is 0 Å². The molecule has 1 saturated heterocycles. The number of piperidine rings is 1. The number of nitrogens with two attached hydrogens (primary N) is 1. The highest BCUT2D eigenvalue weighted by atomic mass is 16.3. The summed E-state index contributed by atoms with van der Waals surface area (Å²) in [6, 6.07) is 13.0. The van der Waals surface area contributed by atoms with Gasteiger partial charge in [-0.3, -0.25) is 9.36 Å². The van der Waals surface area contributed by atoms with Gasteiger partial charge in [0.25, 0.3) is 5.56 Å². The van der Waals surface area contributed by atoms with E-state index in [1.54, 1.807) is 13.1 Å². The van der Waals surface area contributed by atoms with Crippen LogP contribution in [0.15, 0.2) is 47.4 Å². The Kier molecular flexibility index (Phi) is 5.91. The Hall–Kier alpha value is -4.27. The van der Waals surface area contributed by atoms with E-state index in [1.165, 1.54) is 34.0 Å². The number of phenols is 2. The van der Waals surface area contributed by atoms with Gasteiger partial charge in [0, 0.05) is 32.6 Å². The van der Waals surface area contributed by atoms with E-state index in [0.717, 1.165) is 32.4 Å². The molecule has 1 aromatic heterocycles. The summed E-state index contributed by atoms with van der Waals surface area (Å²) in [6.07, 6.45) is 4.55. The van der Waals surface area contributed by atoms with Crippen LogP contribution in [0.1, 0.15) is 46.7 Å². The number of nitriles is 1. The summed E-state index contributed by atoms with van der Waals surface area (Å²) in [5.74, 6) is 5.74. The van der Waals surface area contributed by atoms with Gasteiger partial charge in [0.05, 0.1) is 6.20 Å². The summed E-state index contributed by atoms with van der Waals surface area (Å²) in [5, 5.41) is 28.6. The third-order valence-corrected chi connectivity index (χ3v) is 7.56. The second-order valence-electron chi connectivity index (χ2n) is 9.64. The normalized spacial score (nSPS) is 17.8. The predicted molar refractivity (Wildman–Crippen MR) is 136 cm³/mol. The van der Waals surface area contributed by atoms with Crippen molar-refractivity contribution < 1.29 is 10.2 Å². The third-order valence-electron chi connectivity index (χ3n) is 7.56. The number of aromatic hydroxyl groups is 2. The van der Waals surface area contributed by atoms with Crippen LogP contribution < -0.4 is 16.2 Å². The molecule has 1 aliphatic heterocycles. The largest absolute Gasteiger partial charge is 0.506 e. The molecule has 4 N–H and O–H groups in total. The van der Waals surface area contributed by atoms with Gasteiger partial charge in [0.2, 0.25) is 5.95 Å². The van der Waals surface area contributed by atoms with Crippen LogP contribution in [0, 0.1) is 28.6 Å². The Bertz CT molecular complexity index is 1480. The smallest absolute Gasteiger partial charge is 0.270 e. The average molecular weight is 482 g/mol. The first-order chi connectivity index (χ1) is 17.3. The lowest BCUT2D eigenvalue weighted by Gasteiger charge is -2.42. The lowest BCUT2D eigenvalue weighted by molar-refractivity contribution is 0.186. The van der Waals surface area contributed by atoms with Gasteiger partial charge in [-0.25, -0.2) is 4.98 Å². The first-order valence-corrected chi connectivity index (χ1v) is 11.9. The van der Waals surface area contributed by atoms with Crippen molar-refractivity contribution in [3.05, 3.63) is 80.8 Å². The first kappa shape index (κ1) is 23.5. The fourth-order valence-corrected chi connectivity index (χ4v) is 5.50. The summed E-state index contributed by atoms with van der Waals surface area (Å²) < 4.78 is 1.53. The van der Waals surface area contributed by atoms with Gasteiger partial charge in [0.1, 0.15) is 28.7 Å². The lowest BCUT2D eigenvalue weighted by atomic mass is 9.73.